The third kappa shape index (κ3) is 1.38. The molecule has 0 aromatic heterocycles. The first kappa shape index (κ1) is 14.0. The topological polar surface area (TPSA) is 94.6 Å². The summed E-state index contributed by atoms with van der Waals surface area (Å²) >= 11 is 0. The standard InChI is InChI=1S/C8H11NO5S.Na/c1-8(2)6(7(11)12)9-4(10)3-5(9)15(8,13)14;/h5-6H,3H2,1-2H3,(H,11,12);/q;+1/p-1/t5?,6-;/m1./s1. The number of carbonyl (C=O) groups excluding carboxylic acids is 2. The van der Waals surface area contributed by atoms with Crippen molar-refractivity contribution in [1.29, 1.82) is 0 Å². The molecule has 0 N–H and O–H groups in total. The molecule has 16 heavy (non-hydrogen) atoms. The SMILES string of the molecule is CC1(C)[C@@H](C(=O)[O-])N2C(=O)CC2S1(=O)=O.[Na+]. The van der Waals surface area contributed by atoms with Crippen molar-refractivity contribution in [2.75, 3.05) is 0 Å². The third-order valence-corrected chi connectivity index (χ3v) is 6.00. The summed E-state index contributed by atoms with van der Waals surface area (Å²) in [6.45, 7) is 2.63. The van der Waals surface area contributed by atoms with Gasteiger partial charge in [0.25, 0.3) is 0 Å². The molecule has 2 saturated heterocycles. The van der Waals surface area contributed by atoms with Gasteiger partial charge in [0.15, 0.2) is 9.84 Å². The van der Waals surface area contributed by atoms with Crippen molar-refractivity contribution < 1.29 is 52.7 Å². The molecule has 2 aliphatic rings. The van der Waals surface area contributed by atoms with Crippen LogP contribution < -0.4 is 34.7 Å². The van der Waals surface area contributed by atoms with Crippen LogP contribution in [0.2, 0.25) is 0 Å². The van der Waals surface area contributed by atoms with Gasteiger partial charge in [-0.1, -0.05) is 0 Å². The molecule has 0 aromatic carbocycles. The summed E-state index contributed by atoms with van der Waals surface area (Å²) in [7, 11) is -3.61. The van der Waals surface area contributed by atoms with E-state index >= 15 is 0 Å². The van der Waals surface area contributed by atoms with E-state index in [9.17, 15) is 23.1 Å². The summed E-state index contributed by atoms with van der Waals surface area (Å²) in [5.41, 5.74) is 0. The van der Waals surface area contributed by atoms with Crippen LogP contribution in [0.1, 0.15) is 20.3 Å². The average molecular weight is 255 g/mol. The van der Waals surface area contributed by atoms with Gasteiger partial charge in [-0.05, 0) is 13.8 Å². The molecule has 2 heterocycles. The van der Waals surface area contributed by atoms with Gasteiger partial charge < -0.3 is 14.8 Å². The van der Waals surface area contributed by atoms with E-state index in [1.54, 1.807) is 0 Å². The van der Waals surface area contributed by atoms with Crippen LogP contribution in [0.15, 0.2) is 0 Å². The number of rotatable bonds is 1. The Hall–Kier alpha value is -0.110. The van der Waals surface area contributed by atoms with Gasteiger partial charge in [-0.3, -0.25) is 4.79 Å². The zero-order valence-corrected chi connectivity index (χ0v) is 12.1. The normalized spacial score (nSPS) is 33.6. The predicted molar refractivity (Wildman–Crippen MR) is 47.0 cm³/mol. The number of amides is 1. The Morgan fingerprint density at radius 2 is 2.00 bits per heavy atom. The zero-order chi connectivity index (χ0) is 11.6. The maximum absolute atomic E-state index is 11.9. The Bertz CT molecular complexity index is 457. The molecule has 2 fully saturated rings. The molecule has 84 valence electrons. The van der Waals surface area contributed by atoms with Crippen molar-refractivity contribution in [3.05, 3.63) is 0 Å². The van der Waals surface area contributed by atoms with Gasteiger partial charge in [0.2, 0.25) is 5.91 Å². The van der Waals surface area contributed by atoms with Crippen molar-refractivity contribution in [3.8, 4) is 0 Å². The van der Waals surface area contributed by atoms with E-state index in [4.69, 9.17) is 0 Å². The molecule has 2 atom stereocenters. The minimum absolute atomic E-state index is 0. The zero-order valence-electron chi connectivity index (χ0n) is 9.26. The van der Waals surface area contributed by atoms with Crippen LogP contribution >= 0.6 is 0 Å². The number of aliphatic carboxylic acids is 1. The van der Waals surface area contributed by atoms with Gasteiger partial charge in [0.05, 0.1) is 23.2 Å². The monoisotopic (exact) mass is 255 g/mol. The van der Waals surface area contributed by atoms with Gasteiger partial charge in [-0.2, -0.15) is 0 Å². The number of hydrogen-bond donors (Lipinski definition) is 0. The van der Waals surface area contributed by atoms with Crippen LogP contribution in [-0.4, -0.2) is 41.4 Å². The van der Waals surface area contributed by atoms with Gasteiger partial charge >= 0.3 is 29.6 Å². The fraction of sp³-hybridized carbons (Fsp3) is 0.750. The number of β-lactam (4-membered cyclic amide) rings is 1. The largest absolute Gasteiger partial charge is 1.00 e. The minimum atomic E-state index is -3.61. The fourth-order valence-corrected chi connectivity index (χ4v) is 4.33. The molecule has 0 aliphatic carbocycles. The summed E-state index contributed by atoms with van der Waals surface area (Å²) < 4.78 is 22.2. The van der Waals surface area contributed by atoms with Crippen LogP contribution in [0.5, 0.6) is 0 Å². The molecule has 0 aromatic rings. The fourth-order valence-electron chi connectivity index (χ4n) is 2.21. The molecule has 8 heteroatoms. The van der Waals surface area contributed by atoms with Crippen molar-refractivity contribution in [2.45, 2.75) is 36.4 Å². The van der Waals surface area contributed by atoms with Crippen molar-refractivity contribution >= 4 is 21.7 Å². The Morgan fingerprint density at radius 1 is 1.50 bits per heavy atom. The van der Waals surface area contributed by atoms with E-state index in [0.717, 1.165) is 4.90 Å². The first-order valence-electron chi connectivity index (χ1n) is 4.46. The molecular formula is C8H10NNaO5S. The maximum Gasteiger partial charge on any atom is 1.00 e. The van der Waals surface area contributed by atoms with Crippen LogP contribution in [0.25, 0.3) is 0 Å². The maximum atomic E-state index is 11.9. The van der Waals surface area contributed by atoms with Crippen LogP contribution in [0, 0.1) is 0 Å². The summed E-state index contributed by atoms with van der Waals surface area (Å²) in [6.07, 6.45) is -0.116. The number of carboxylic acid groups (broad SMARTS) is 1. The Morgan fingerprint density at radius 3 is 2.31 bits per heavy atom. The number of fused-ring (bicyclic) bond motifs is 1. The van der Waals surface area contributed by atoms with Crippen molar-refractivity contribution in [1.82, 2.24) is 4.90 Å². The van der Waals surface area contributed by atoms with Crippen molar-refractivity contribution in [2.24, 2.45) is 0 Å². The molecular weight excluding hydrogens is 245 g/mol. The molecule has 2 aliphatic heterocycles. The van der Waals surface area contributed by atoms with E-state index in [1.165, 1.54) is 13.8 Å². The molecule has 0 spiro atoms. The smallest absolute Gasteiger partial charge is 0.548 e. The molecule has 1 amide bonds. The molecule has 1 unspecified atom stereocenters. The second-order valence-corrected chi connectivity index (χ2v) is 7.02. The number of hydrogen-bond acceptors (Lipinski definition) is 5. The summed E-state index contributed by atoms with van der Waals surface area (Å²) in [4.78, 5) is 23.0. The average Bonchev–Trinajstić information content (AvgIpc) is 2.19. The van der Waals surface area contributed by atoms with Gasteiger partial charge in [-0.15, -0.1) is 0 Å². The summed E-state index contributed by atoms with van der Waals surface area (Å²) in [5.74, 6) is -1.96. The second-order valence-electron chi connectivity index (χ2n) is 4.33. The van der Waals surface area contributed by atoms with E-state index in [1.807, 2.05) is 0 Å². The predicted octanol–water partition coefficient (Wildman–Crippen LogP) is -5.13. The summed E-state index contributed by atoms with van der Waals surface area (Å²) in [6, 6.07) is -1.37. The van der Waals surface area contributed by atoms with Crippen LogP contribution in [-0.2, 0) is 19.4 Å². The molecule has 2 rings (SSSR count). The number of sulfone groups is 1. The second kappa shape index (κ2) is 3.69. The molecule has 0 radical (unpaired) electrons. The first-order valence-corrected chi connectivity index (χ1v) is 6.01. The van der Waals surface area contributed by atoms with Gasteiger partial charge in [0.1, 0.15) is 5.37 Å². The summed E-state index contributed by atoms with van der Waals surface area (Å²) in [5, 5.41) is 9.90. The number of carboxylic acids is 1. The molecule has 0 bridgehead atoms. The van der Waals surface area contributed by atoms with E-state index in [2.05, 4.69) is 0 Å². The Labute approximate surface area is 115 Å². The van der Waals surface area contributed by atoms with Crippen LogP contribution in [0.4, 0.5) is 0 Å². The number of carbonyl (C=O) groups is 2. The minimum Gasteiger partial charge on any atom is -0.548 e. The molecule has 0 saturated carbocycles. The molecule has 6 nitrogen and oxygen atoms in total. The Balaban J connectivity index is 0.00000128. The van der Waals surface area contributed by atoms with Gasteiger partial charge in [0, 0.05) is 0 Å². The quantitative estimate of drug-likeness (QED) is 0.345. The van der Waals surface area contributed by atoms with E-state index in [0.29, 0.717) is 0 Å². The van der Waals surface area contributed by atoms with Crippen LogP contribution in [0.3, 0.4) is 0 Å². The Kier molecular flexibility index (Phi) is 3.22. The van der Waals surface area contributed by atoms with Gasteiger partial charge in [-0.25, -0.2) is 8.42 Å². The van der Waals surface area contributed by atoms with E-state index < -0.39 is 37.9 Å². The van der Waals surface area contributed by atoms with E-state index in [-0.39, 0.29) is 36.0 Å². The van der Waals surface area contributed by atoms with Crippen molar-refractivity contribution in [3.63, 3.8) is 0 Å². The first-order chi connectivity index (χ1) is 6.71. The third-order valence-electron chi connectivity index (χ3n) is 3.20. The number of nitrogens with zero attached hydrogens (tertiary/aromatic N) is 1.